The van der Waals surface area contributed by atoms with E-state index in [-0.39, 0.29) is 35.7 Å². The Hall–Kier alpha value is -6.46. The van der Waals surface area contributed by atoms with Crippen molar-refractivity contribution in [2.75, 3.05) is 27.4 Å². The number of nitrogens with zero attached hydrogens (tertiary/aromatic N) is 4. The molecule has 16 nitrogen and oxygen atoms in total. The fourth-order valence-corrected chi connectivity index (χ4v) is 10.3. The zero-order valence-electron chi connectivity index (χ0n) is 36.7. The smallest absolute Gasteiger partial charge is 0.407 e. The Kier molecular flexibility index (Phi) is 12.0. The van der Waals surface area contributed by atoms with Crippen molar-refractivity contribution in [3.8, 4) is 28.1 Å². The number of H-pyrrole nitrogens is 2. The number of benzene rings is 4. The molecule has 4 amide bonds. The van der Waals surface area contributed by atoms with Crippen LogP contribution in [0.5, 0.6) is 5.75 Å². The van der Waals surface area contributed by atoms with Crippen LogP contribution in [0, 0.1) is 11.8 Å². The molecule has 2 fully saturated rings. The average Bonchev–Trinajstić information content (AvgIpc) is 4.11. The van der Waals surface area contributed by atoms with Gasteiger partial charge in [0.25, 0.3) is 5.91 Å². The Bertz CT molecular complexity index is 2810. The molecule has 3 aliphatic rings. The maximum absolute atomic E-state index is 14.2. The Morgan fingerprint density at radius 1 is 0.923 bits per heavy atom. The Morgan fingerprint density at radius 2 is 1.71 bits per heavy atom. The Balaban J connectivity index is 0.991. The predicted octanol–water partition coefficient (Wildman–Crippen LogP) is 8.41. The van der Waals surface area contributed by atoms with Gasteiger partial charge < -0.3 is 49.7 Å². The summed E-state index contributed by atoms with van der Waals surface area (Å²) in [6, 6.07) is 20.7. The number of ether oxygens (including phenoxy) is 3. The quantitative estimate of drug-likeness (QED) is 0.0839. The number of hydrogen-bond acceptors (Lipinski definition) is 9. The van der Waals surface area contributed by atoms with Gasteiger partial charge in [0.2, 0.25) is 5.91 Å². The van der Waals surface area contributed by atoms with Crippen LogP contribution in [-0.2, 0) is 25.7 Å². The topological polar surface area (TPSA) is 204 Å². The van der Waals surface area contributed by atoms with Crippen molar-refractivity contribution < 1.29 is 38.5 Å². The van der Waals surface area contributed by atoms with E-state index in [0.717, 1.165) is 62.7 Å². The zero-order chi connectivity index (χ0) is 45.7. The molecule has 0 saturated carbocycles. The lowest BCUT2D eigenvalue weighted by molar-refractivity contribution is -0.137. The minimum Gasteiger partial charge on any atom is -0.488 e. The lowest BCUT2D eigenvalue weighted by Crippen LogP contribution is -2.52. The van der Waals surface area contributed by atoms with E-state index < -0.39 is 30.3 Å². The lowest BCUT2D eigenvalue weighted by Gasteiger charge is -2.32. The summed E-state index contributed by atoms with van der Waals surface area (Å²) in [5.41, 5.74) is 6.68. The van der Waals surface area contributed by atoms with Crippen LogP contribution >= 0.6 is 15.9 Å². The number of rotatable bonds is 11. The average molecular weight is 948 g/mol. The fourth-order valence-electron chi connectivity index (χ4n) is 9.82. The maximum atomic E-state index is 14.2. The standard InChI is InChI=1S/C48H51BrN8O8/c1-24(2)38(54-48(62)64-5)46(59)57-25(3)11-16-35(57)43-50-34-15-13-28-19-33-31-14-12-29(18-30(31)23-65-37(33)20-32(28)41(34)52-43)39-42(49)55-44(51-39)36-17-26(22-63-4)21-56(36)45(58)40(53-47(60)61)27-9-7-6-8-10-27/h6-10,12-15,18-20,24-26,35-36,38,40,53H,11,16-17,21-23H2,1-5H3,(H,50,52)(H,51,55)(H,54,62)(H,60,61)/t25-,26-,35-,36-,38?,40?/m0/s1. The molecule has 0 aliphatic carbocycles. The van der Waals surface area contributed by atoms with Gasteiger partial charge in [-0.25, -0.2) is 19.6 Å². The third-order valence-corrected chi connectivity index (χ3v) is 13.6. The number of fused-ring (bicyclic) bond motifs is 6. The van der Waals surface area contributed by atoms with Crippen LogP contribution < -0.4 is 15.4 Å². The summed E-state index contributed by atoms with van der Waals surface area (Å²) >= 11 is 3.72. The van der Waals surface area contributed by atoms with Gasteiger partial charge in [-0.05, 0) is 94.4 Å². The molecule has 0 radical (unpaired) electrons. The van der Waals surface area contributed by atoms with Crippen LogP contribution in [0.15, 0.2) is 77.4 Å². The summed E-state index contributed by atoms with van der Waals surface area (Å²) in [7, 11) is 2.92. The third-order valence-electron chi connectivity index (χ3n) is 13.0. The fraction of sp³-hybridized carbons (Fsp3) is 0.375. The van der Waals surface area contributed by atoms with Crippen LogP contribution in [0.3, 0.4) is 0 Å². The normalized spacial score (nSPS) is 20.0. The molecule has 0 spiro atoms. The number of aromatic nitrogens is 4. The highest BCUT2D eigenvalue weighted by Crippen LogP contribution is 2.45. The van der Waals surface area contributed by atoms with Crippen molar-refractivity contribution in [3.63, 3.8) is 0 Å². The van der Waals surface area contributed by atoms with Gasteiger partial charge >= 0.3 is 12.2 Å². The highest BCUT2D eigenvalue weighted by molar-refractivity contribution is 9.10. The predicted molar refractivity (Wildman–Crippen MR) is 246 cm³/mol. The van der Waals surface area contributed by atoms with E-state index in [1.165, 1.54) is 7.11 Å². The Morgan fingerprint density at radius 3 is 2.45 bits per heavy atom. The van der Waals surface area contributed by atoms with Crippen molar-refractivity contribution in [2.24, 2.45) is 11.8 Å². The van der Waals surface area contributed by atoms with Crippen LogP contribution in [0.1, 0.15) is 80.9 Å². The number of amides is 4. The second-order valence-electron chi connectivity index (χ2n) is 17.5. The number of alkyl carbamates (subject to hydrolysis) is 1. The van der Waals surface area contributed by atoms with E-state index in [4.69, 9.17) is 24.2 Å². The van der Waals surface area contributed by atoms with Crippen LogP contribution in [0.4, 0.5) is 9.59 Å². The number of carbonyl (C=O) groups is 4. The van der Waals surface area contributed by atoms with Gasteiger partial charge in [0, 0.05) is 42.1 Å². The van der Waals surface area contributed by atoms with E-state index in [0.29, 0.717) is 53.7 Å². The van der Waals surface area contributed by atoms with Gasteiger partial charge in [-0.2, -0.15) is 0 Å². The molecule has 6 atom stereocenters. The minimum atomic E-state index is -1.29. The van der Waals surface area contributed by atoms with E-state index in [2.05, 4.69) is 60.8 Å². The molecule has 2 unspecified atom stereocenters. The summed E-state index contributed by atoms with van der Waals surface area (Å²) in [6.07, 6.45) is 0.180. The summed E-state index contributed by atoms with van der Waals surface area (Å²) < 4.78 is 17.4. The molecule has 9 rings (SSSR count). The largest absolute Gasteiger partial charge is 0.488 e. The molecule has 2 aromatic heterocycles. The van der Waals surface area contributed by atoms with Crippen LogP contribution in [-0.4, -0.2) is 98.3 Å². The maximum Gasteiger partial charge on any atom is 0.407 e. The number of carbonyl (C=O) groups excluding carboxylic acids is 3. The number of aromatic amines is 2. The highest BCUT2D eigenvalue weighted by Gasteiger charge is 2.43. The van der Waals surface area contributed by atoms with Crippen molar-refractivity contribution in [1.82, 2.24) is 40.4 Å². The van der Waals surface area contributed by atoms with Crippen molar-refractivity contribution in [3.05, 3.63) is 100 Å². The molecule has 5 heterocycles. The lowest BCUT2D eigenvalue weighted by atomic mass is 9.92. The molecular weight excluding hydrogens is 896 g/mol. The molecule has 6 aromatic rings. The molecule has 17 heteroatoms. The number of likely N-dealkylation sites (tertiary alicyclic amines) is 2. The van der Waals surface area contributed by atoms with Gasteiger partial charge in [-0.15, -0.1) is 0 Å². The molecule has 0 bridgehead atoms. The minimum absolute atomic E-state index is 0.0174. The monoisotopic (exact) mass is 946 g/mol. The molecule has 338 valence electrons. The number of carboxylic acid groups (broad SMARTS) is 1. The Labute approximate surface area is 383 Å². The third kappa shape index (κ3) is 8.27. The summed E-state index contributed by atoms with van der Waals surface area (Å²) in [6.45, 7) is 6.97. The SMILES string of the molecule is COC[C@H]1C[C@@H](c2nc(-c3ccc4c(c3)COc3cc5c(ccc6[nH]c([C@@H]7CC[C@H](C)N7C(=O)C(NC(=O)OC)C(C)C)nc65)cc3-4)c(Br)[nH]2)N(C(=O)C(NC(=O)O)c2ccccc2)C1. The molecule has 4 aromatic carbocycles. The summed E-state index contributed by atoms with van der Waals surface area (Å²) in [5.74, 6) is 1.35. The van der Waals surface area contributed by atoms with E-state index in [9.17, 15) is 24.3 Å². The van der Waals surface area contributed by atoms with E-state index in [1.807, 2.05) is 49.9 Å². The van der Waals surface area contributed by atoms with Gasteiger partial charge in [0.1, 0.15) is 46.4 Å². The number of methoxy groups -OCH3 is 2. The van der Waals surface area contributed by atoms with E-state index in [1.54, 1.807) is 36.3 Å². The number of halogens is 1. The highest BCUT2D eigenvalue weighted by atomic mass is 79.9. The summed E-state index contributed by atoms with van der Waals surface area (Å²) in [4.78, 5) is 72.9. The first-order chi connectivity index (χ1) is 31.3. The van der Waals surface area contributed by atoms with Crippen LogP contribution in [0.25, 0.3) is 44.2 Å². The summed E-state index contributed by atoms with van der Waals surface area (Å²) in [5, 5.41) is 16.8. The zero-order valence-corrected chi connectivity index (χ0v) is 38.3. The van der Waals surface area contributed by atoms with E-state index >= 15 is 0 Å². The van der Waals surface area contributed by atoms with Crippen molar-refractivity contribution in [1.29, 1.82) is 0 Å². The van der Waals surface area contributed by atoms with Crippen LogP contribution in [0.2, 0.25) is 0 Å². The van der Waals surface area contributed by atoms with Gasteiger partial charge in [-0.1, -0.05) is 62.4 Å². The first-order valence-corrected chi connectivity index (χ1v) is 22.6. The molecule has 2 saturated heterocycles. The first-order valence-electron chi connectivity index (χ1n) is 21.8. The second kappa shape index (κ2) is 17.8. The van der Waals surface area contributed by atoms with Crippen molar-refractivity contribution >= 4 is 61.7 Å². The first kappa shape index (κ1) is 43.8. The molecule has 65 heavy (non-hydrogen) atoms. The molecular formula is C48H51BrN8O8. The second-order valence-corrected chi connectivity index (χ2v) is 18.3. The number of hydrogen-bond donors (Lipinski definition) is 5. The number of nitrogens with one attached hydrogen (secondary N) is 4. The molecule has 5 N–H and O–H groups in total. The van der Waals surface area contributed by atoms with Gasteiger partial charge in [0.05, 0.1) is 36.8 Å². The molecule has 3 aliphatic heterocycles. The van der Waals surface area contributed by atoms with Gasteiger partial charge in [-0.3, -0.25) is 9.59 Å². The number of imidazole rings is 2. The van der Waals surface area contributed by atoms with Crippen molar-refractivity contribution in [2.45, 2.75) is 76.8 Å². The van der Waals surface area contributed by atoms with Gasteiger partial charge in [0.15, 0.2) is 0 Å².